The van der Waals surface area contributed by atoms with Crippen molar-refractivity contribution in [2.24, 2.45) is 16.5 Å². The third-order valence-electron chi connectivity index (χ3n) is 3.42. The van der Waals surface area contributed by atoms with Crippen molar-refractivity contribution in [2.75, 3.05) is 5.32 Å². The maximum absolute atomic E-state index is 13.7. The minimum absolute atomic E-state index is 0.183. The summed E-state index contributed by atoms with van der Waals surface area (Å²) in [6.07, 6.45) is 0.636. The zero-order valence-corrected chi connectivity index (χ0v) is 11.7. The number of nitrogens with one attached hydrogen (secondary N) is 1. The Labute approximate surface area is 115 Å². The molecule has 1 saturated carbocycles. The first-order valence-corrected chi connectivity index (χ1v) is 7.40. The van der Waals surface area contributed by atoms with Crippen molar-refractivity contribution in [2.45, 2.75) is 25.2 Å². The van der Waals surface area contributed by atoms with Crippen LogP contribution in [0.3, 0.4) is 0 Å². The van der Waals surface area contributed by atoms with Gasteiger partial charge in [-0.1, -0.05) is 13.8 Å². The van der Waals surface area contributed by atoms with Crippen LogP contribution in [0.2, 0.25) is 0 Å². The quantitative estimate of drug-likeness (QED) is 0.888. The molecule has 1 aliphatic rings. The van der Waals surface area contributed by atoms with Crippen molar-refractivity contribution in [3.63, 3.8) is 0 Å². The van der Waals surface area contributed by atoms with Gasteiger partial charge in [0, 0.05) is 5.92 Å². The topological polar surface area (TPSA) is 89.3 Å². The number of hydrogen-bond acceptors (Lipinski definition) is 3. The van der Waals surface area contributed by atoms with Crippen LogP contribution < -0.4 is 10.5 Å². The fourth-order valence-corrected chi connectivity index (χ4v) is 2.49. The van der Waals surface area contributed by atoms with E-state index in [1.54, 1.807) is 0 Å². The molecule has 0 aromatic heterocycles. The zero-order valence-electron chi connectivity index (χ0n) is 10.9. The second-order valence-corrected chi connectivity index (χ2v) is 7.10. The Morgan fingerprint density at radius 3 is 2.15 bits per heavy atom. The maximum Gasteiger partial charge on any atom is 0.238 e. The van der Waals surface area contributed by atoms with Gasteiger partial charge in [0.15, 0.2) is 11.6 Å². The predicted octanol–water partition coefficient (Wildman–Crippen LogP) is 1.60. The molecule has 20 heavy (non-hydrogen) atoms. The van der Waals surface area contributed by atoms with Crippen molar-refractivity contribution >= 4 is 21.6 Å². The van der Waals surface area contributed by atoms with Crippen LogP contribution in [-0.4, -0.2) is 14.3 Å². The van der Waals surface area contributed by atoms with E-state index < -0.39 is 38.1 Å². The van der Waals surface area contributed by atoms with Gasteiger partial charge in [0.05, 0.1) is 4.90 Å². The highest BCUT2D eigenvalue weighted by atomic mass is 32.2. The number of carbonyl (C=O) groups is 1. The first kappa shape index (κ1) is 14.9. The summed E-state index contributed by atoms with van der Waals surface area (Å²) in [6, 6.07) is 1.15. The van der Waals surface area contributed by atoms with Crippen LogP contribution in [-0.2, 0) is 14.8 Å². The molecule has 1 aliphatic carbocycles. The molecule has 1 fully saturated rings. The highest BCUT2D eigenvalue weighted by Gasteiger charge is 2.50. The molecule has 1 unspecified atom stereocenters. The molecule has 5 nitrogen and oxygen atoms in total. The second kappa shape index (κ2) is 4.49. The Bertz CT molecular complexity index is 663. The van der Waals surface area contributed by atoms with Gasteiger partial charge in [-0.2, -0.15) is 0 Å². The molecule has 3 N–H and O–H groups in total. The van der Waals surface area contributed by atoms with Crippen LogP contribution in [0.5, 0.6) is 0 Å². The third-order valence-corrected chi connectivity index (χ3v) is 4.32. The summed E-state index contributed by atoms with van der Waals surface area (Å²) in [4.78, 5) is 11.1. The number of hydrogen-bond donors (Lipinski definition) is 2. The maximum atomic E-state index is 13.7. The van der Waals surface area contributed by atoms with Crippen molar-refractivity contribution in [3.8, 4) is 0 Å². The van der Waals surface area contributed by atoms with Gasteiger partial charge in [0.2, 0.25) is 15.9 Å². The third kappa shape index (κ3) is 2.80. The lowest BCUT2D eigenvalue weighted by atomic mass is 10.1. The highest BCUT2D eigenvalue weighted by Crippen LogP contribution is 2.52. The van der Waals surface area contributed by atoms with Gasteiger partial charge >= 0.3 is 0 Å². The normalized spacial score (nSPS) is 20.6. The van der Waals surface area contributed by atoms with Gasteiger partial charge in [-0.25, -0.2) is 22.3 Å². The Hall–Kier alpha value is -1.54. The molecule has 2 rings (SSSR count). The van der Waals surface area contributed by atoms with Crippen LogP contribution in [0.15, 0.2) is 17.0 Å². The Balaban J connectivity index is 2.28. The summed E-state index contributed by atoms with van der Waals surface area (Å²) < 4.78 is 49.5. The van der Waals surface area contributed by atoms with Gasteiger partial charge < -0.3 is 5.32 Å². The standard InChI is InChI=1S/C12H14F2N2O3S/c1-12(2)5-7(12)11(17)16-10-8(13)3-6(4-9(10)14)20(15,18)19/h3-4,7H,5H2,1-2H3,(H,16,17)(H2,15,18,19). The van der Waals surface area contributed by atoms with E-state index in [2.05, 4.69) is 5.32 Å². The molecule has 1 amide bonds. The van der Waals surface area contributed by atoms with E-state index in [0.29, 0.717) is 18.6 Å². The molecular weight excluding hydrogens is 290 g/mol. The number of rotatable bonds is 3. The van der Waals surface area contributed by atoms with Crippen LogP contribution in [0.1, 0.15) is 20.3 Å². The van der Waals surface area contributed by atoms with Crippen LogP contribution in [0.4, 0.5) is 14.5 Å². The molecule has 0 radical (unpaired) electrons. The lowest BCUT2D eigenvalue weighted by molar-refractivity contribution is -0.118. The summed E-state index contributed by atoms with van der Waals surface area (Å²) >= 11 is 0. The SMILES string of the molecule is CC1(C)CC1C(=O)Nc1c(F)cc(S(N)(=O)=O)cc1F. The van der Waals surface area contributed by atoms with E-state index in [1.165, 1.54) is 0 Å². The summed E-state index contributed by atoms with van der Waals surface area (Å²) in [7, 11) is -4.21. The monoisotopic (exact) mass is 304 g/mol. The molecule has 1 aromatic rings. The van der Waals surface area contributed by atoms with Crippen molar-refractivity contribution in [1.82, 2.24) is 0 Å². The first-order chi connectivity index (χ1) is 9.02. The molecule has 0 saturated heterocycles. The smallest absolute Gasteiger partial charge is 0.238 e. The largest absolute Gasteiger partial charge is 0.321 e. The van der Waals surface area contributed by atoms with Crippen LogP contribution in [0.25, 0.3) is 0 Å². The number of amides is 1. The molecule has 110 valence electrons. The lowest BCUT2D eigenvalue weighted by Gasteiger charge is -2.10. The number of anilines is 1. The van der Waals surface area contributed by atoms with Crippen molar-refractivity contribution in [3.05, 3.63) is 23.8 Å². The minimum Gasteiger partial charge on any atom is -0.321 e. The molecule has 8 heteroatoms. The second-order valence-electron chi connectivity index (χ2n) is 5.54. The van der Waals surface area contributed by atoms with Gasteiger partial charge in [-0.05, 0) is 24.0 Å². The van der Waals surface area contributed by atoms with Crippen LogP contribution in [0, 0.1) is 23.0 Å². The van der Waals surface area contributed by atoms with E-state index in [-0.39, 0.29) is 11.3 Å². The van der Waals surface area contributed by atoms with E-state index in [4.69, 9.17) is 5.14 Å². The summed E-state index contributed by atoms with van der Waals surface area (Å²) in [5, 5.41) is 6.94. The Morgan fingerprint density at radius 2 is 1.80 bits per heavy atom. The number of primary sulfonamides is 1. The zero-order chi connectivity index (χ0) is 15.3. The highest BCUT2D eigenvalue weighted by molar-refractivity contribution is 7.89. The number of benzene rings is 1. The van der Waals surface area contributed by atoms with Gasteiger partial charge in [0.25, 0.3) is 0 Å². The van der Waals surface area contributed by atoms with E-state index in [9.17, 15) is 22.0 Å². The van der Waals surface area contributed by atoms with Gasteiger partial charge in [-0.15, -0.1) is 0 Å². The van der Waals surface area contributed by atoms with Crippen molar-refractivity contribution < 1.29 is 22.0 Å². The molecule has 0 aliphatic heterocycles. The number of carbonyl (C=O) groups excluding carboxylic acids is 1. The summed E-state index contributed by atoms with van der Waals surface area (Å²) in [5.41, 5.74) is -0.845. The van der Waals surface area contributed by atoms with E-state index in [0.717, 1.165) is 0 Å². The number of nitrogens with two attached hydrogens (primary N) is 1. The first-order valence-electron chi connectivity index (χ1n) is 5.85. The molecule has 0 spiro atoms. The lowest BCUT2D eigenvalue weighted by Crippen LogP contribution is -2.19. The molecular formula is C12H14F2N2O3S. The fourth-order valence-electron chi connectivity index (χ4n) is 1.96. The summed E-state index contributed by atoms with van der Waals surface area (Å²) in [6.45, 7) is 3.74. The predicted molar refractivity (Wildman–Crippen MR) is 68.2 cm³/mol. The van der Waals surface area contributed by atoms with Crippen LogP contribution >= 0.6 is 0 Å². The average molecular weight is 304 g/mol. The molecule has 1 aromatic carbocycles. The van der Waals surface area contributed by atoms with Crippen molar-refractivity contribution in [1.29, 1.82) is 0 Å². The van der Waals surface area contributed by atoms with Gasteiger partial charge in [0.1, 0.15) is 5.69 Å². The van der Waals surface area contributed by atoms with Gasteiger partial charge in [-0.3, -0.25) is 4.79 Å². The Kier molecular flexibility index (Phi) is 3.34. The number of halogens is 2. The van der Waals surface area contributed by atoms with E-state index in [1.807, 2.05) is 13.8 Å². The Morgan fingerprint density at radius 1 is 1.35 bits per heavy atom. The van der Waals surface area contributed by atoms with E-state index >= 15 is 0 Å². The molecule has 0 bridgehead atoms. The fraction of sp³-hybridized carbons (Fsp3) is 0.417. The molecule has 1 atom stereocenters. The average Bonchev–Trinajstić information content (AvgIpc) is 2.91. The summed E-state index contributed by atoms with van der Waals surface area (Å²) in [5.74, 6) is -3.16. The minimum atomic E-state index is -4.21. The number of sulfonamides is 1. The molecule has 0 heterocycles.